The SMILES string of the molecule is COC1=C(O)C(OC)CC(C=CC(=O)OC2C(OC3C(OC4CC5C(OC6OC(CO)C(O)C(O)C6O)CC(O)CC5OC4C4CCC(O)C(O)C4)OC(COC(=O)C=CC4CCC(O)CC4)C(O)C3O)OC(CO)C(O)C2O)=C1. The van der Waals surface area contributed by atoms with Gasteiger partial charge in [0.25, 0.3) is 0 Å². The van der Waals surface area contributed by atoms with Crippen LogP contribution in [0.5, 0.6) is 0 Å². The third kappa shape index (κ3) is 14.6. The predicted octanol–water partition coefficient (Wildman–Crippen LogP) is -3.84. The van der Waals surface area contributed by atoms with Crippen molar-refractivity contribution in [3.05, 3.63) is 47.5 Å². The highest BCUT2D eigenvalue weighted by atomic mass is 16.8. The number of rotatable bonds is 18. The number of aliphatic hydroxyl groups excluding tert-OH is 14. The summed E-state index contributed by atoms with van der Waals surface area (Å²) in [4.78, 5) is 26.7. The molecule has 25 unspecified atom stereocenters. The zero-order chi connectivity index (χ0) is 57.7. The minimum Gasteiger partial charge on any atom is -0.506 e. The molecule has 25 atom stereocenters. The number of carbonyl (C=O) groups excluding carboxylic acids is 2. The molecule has 3 saturated carbocycles. The second-order valence-electron chi connectivity index (χ2n) is 22.1. The lowest BCUT2D eigenvalue weighted by Crippen LogP contribution is -2.66. The van der Waals surface area contributed by atoms with Gasteiger partial charge in [-0.2, -0.15) is 0 Å². The molecule has 4 heterocycles. The molecule has 0 bridgehead atoms. The molecule has 8 rings (SSSR count). The topological polar surface area (TPSA) is 419 Å². The third-order valence-corrected chi connectivity index (χ3v) is 16.8. The van der Waals surface area contributed by atoms with Crippen LogP contribution in [0.15, 0.2) is 47.5 Å². The molecule has 454 valence electrons. The van der Waals surface area contributed by atoms with Crippen LogP contribution in [0.25, 0.3) is 0 Å². The Hall–Kier alpha value is -3.34. The predicted molar refractivity (Wildman–Crippen MR) is 265 cm³/mol. The molecule has 27 heteroatoms. The van der Waals surface area contributed by atoms with E-state index < -0.39 is 191 Å². The number of hydrogen-bond donors (Lipinski definition) is 14. The van der Waals surface area contributed by atoms with E-state index in [-0.39, 0.29) is 56.0 Å². The van der Waals surface area contributed by atoms with Gasteiger partial charge < -0.3 is 124 Å². The molecule has 0 spiro atoms. The maximum atomic E-state index is 13.6. The first-order valence-corrected chi connectivity index (χ1v) is 27.4. The minimum absolute atomic E-state index is 0.00512. The first-order chi connectivity index (χ1) is 38.2. The van der Waals surface area contributed by atoms with Crippen molar-refractivity contribution in [3.8, 4) is 0 Å². The summed E-state index contributed by atoms with van der Waals surface area (Å²) in [5.74, 6) is -3.34. The first kappa shape index (κ1) is 62.7. The number of allylic oxidation sites excluding steroid dienone is 3. The smallest absolute Gasteiger partial charge is 0.331 e. The first-order valence-electron chi connectivity index (χ1n) is 27.4. The fraction of sp³-hybridized carbons (Fsp3) is 0.811. The Balaban J connectivity index is 1.09. The van der Waals surface area contributed by atoms with Crippen molar-refractivity contribution in [1.82, 2.24) is 0 Å². The van der Waals surface area contributed by atoms with Gasteiger partial charge in [-0.05, 0) is 81.3 Å². The Bertz CT molecular complexity index is 2150. The molecule has 4 aliphatic carbocycles. The molecule has 0 aromatic rings. The molecule has 0 amide bonds. The number of methoxy groups -OCH3 is 2. The summed E-state index contributed by atoms with van der Waals surface area (Å²) in [5.41, 5.74) is 0.446. The molecule has 8 aliphatic rings. The van der Waals surface area contributed by atoms with Gasteiger partial charge in [0.2, 0.25) is 0 Å². The van der Waals surface area contributed by atoms with E-state index in [1.165, 1.54) is 32.4 Å². The molecular formula is C53H80O27. The lowest BCUT2D eigenvalue weighted by molar-refractivity contribution is -0.380. The summed E-state index contributed by atoms with van der Waals surface area (Å²) in [5, 5.41) is 152. The van der Waals surface area contributed by atoms with E-state index in [1.807, 2.05) is 0 Å². The second-order valence-corrected chi connectivity index (χ2v) is 22.1. The molecule has 0 radical (unpaired) electrons. The summed E-state index contributed by atoms with van der Waals surface area (Å²) < 4.78 is 65.9. The van der Waals surface area contributed by atoms with Gasteiger partial charge in [-0.3, -0.25) is 0 Å². The molecule has 0 aromatic heterocycles. The van der Waals surface area contributed by atoms with Crippen LogP contribution in [0.2, 0.25) is 0 Å². The third-order valence-electron chi connectivity index (χ3n) is 16.8. The van der Waals surface area contributed by atoms with Crippen molar-refractivity contribution < 1.29 is 133 Å². The summed E-state index contributed by atoms with van der Waals surface area (Å²) in [6.07, 6.45) is -26.0. The molecule has 7 fully saturated rings. The molecule has 4 saturated heterocycles. The van der Waals surface area contributed by atoms with Crippen molar-refractivity contribution >= 4 is 11.9 Å². The number of fused-ring (bicyclic) bond motifs is 1. The maximum Gasteiger partial charge on any atom is 0.331 e. The van der Waals surface area contributed by atoms with Gasteiger partial charge >= 0.3 is 11.9 Å². The van der Waals surface area contributed by atoms with E-state index in [9.17, 15) is 81.1 Å². The highest BCUT2D eigenvalue weighted by Gasteiger charge is 2.57. The lowest BCUT2D eigenvalue weighted by Gasteiger charge is -2.53. The van der Waals surface area contributed by atoms with E-state index >= 15 is 0 Å². The highest BCUT2D eigenvalue weighted by Crippen LogP contribution is 2.46. The Morgan fingerprint density at radius 1 is 0.613 bits per heavy atom. The fourth-order valence-electron chi connectivity index (χ4n) is 12.1. The van der Waals surface area contributed by atoms with Crippen LogP contribution in [-0.4, -0.2) is 265 Å². The van der Waals surface area contributed by atoms with Gasteiger partial charge in [0.05, 0.1) is 69.2 Å². The average Bonchev–Trinajstić information content (AvgIpc) is 3.58. The van der Waals surface area contributed by atoms with Crippen LogP contribution >= 0.6 is 0 Å². The molecule has 0 aromatic carbocycles. The monoisotopic (exact) mass is 1150 g/mol. The van der Waals surface area contributed by atoms with Crippen LogP contribution in [-0.2, 0) is 61.7 Å². The number of aliphatic hydroxyl groups is 14. The molecular weight excluding hydrogens is 1070 g/mol. The number of hydrogen-bond acceptors (Lipinski definition) is 27. The minimum atomic E-state index is -2.06. The van der Waals surface area contributed by atoms with Crippen LogP contribution in [0, 0.1) is 17.8 Å². The van der Waals surface area contributed by atoms with Crippen LogP contribution in [0.1, 0.15) is 70.6 Å². The van der Waals surface area contributed by atoms with E-state index in [0.717, 1.165) is 6.08 Å². The standard InChI is InChI=1S/C53H80O27/c1-70-32-13-23(14-33(71-2)40(32)62)6-12-39(61)79-49-45(67)42(64)36(20-55)77-53(49)80-50-46(68)43(65)37(21-72-38(60)11-5-22-3-8-25(56)9-4-22)78-52(50)75-34-18-27-30(73-48(34)24-7-10-28(58)29(59)15-24)16-26(57)17-31(27)74-51-47(69)44(66)41(63)35(19-54)76-51/h5-6,11-13,22,24-31,33-37,41-59,62-69H,3-4,7-10,14-21H2,1-2H3. The van der Waals surface area contributed by atoms with E-state index in [0.29, 0.717) is 37.7 Å². The van der Waals surface area contributed by atoms with Gasteiger partial charge in [-0.15, -0.1) is 0 Å². The summed E-state index contributed by atoms with van der Waals surface area (Å²) in [7, 11) is 2.69. The van der Waals surface area contributed by atoms with Gasteiger partial charge in [0.15, 0.2) is 36.5 Å². The fourth-order valence-corrected chi connectivity index (χ4v) is 12.1. The largest absolute Gasteiger partial charge is 0.506 e. The van der Waals surface area contributed by atoms with E-state index in [1.54, 1.807) is 6.08 Å². The van der Waals surface area contributed by atoms with Crippen LogP contribution in [0.3, 0.4) is 0 Å². The Morgan fingerprint density at radius 2 is 1.25 bits per heavy atom. The number of carbonyl (C=O) groups is 2. The van der Waals surface area contributed by atoms with Gasteiger partial charge in [0.1, 0.15) is 79.9 Å². The summed E-state index contributed by atoms with van der Waals surface area (Å²) in [6.45, 7) is -2.32. The Labute approximate surface area is 461 Å². The van der Waals surface area contributed by atoms with Crippen molar-refractivity contribution in [1.29, 1.82) is 0 Å². The number of esters is 2. The van der Waals surface area contributed by atoms with Crippen molar-refractivity contribution in [2.24, 2.45) is 17.8 Å². The lowest BCUT2D eigenvalue weighted by atomic mass is 9.72. The van der Waals surface area contributed by atoms with Gasteiger partial charge in [-0.25, -0.2) is 9.59 Å². The van der Waals surface area contributed by atoms with E-state index in [2.05, 4.69) is 0 Å². The van der Waals surface area contributed by atoms with Crippen LogP contribution in [0.4, 0.5) is 0 Å². The summed E-state index contributed by atoms with van der Waals surface area (Å²) >= 11 is 0. The van der Waals surface area contributed by atoms with Gasteiger partial charge in [0, 0.05) is 38.0 Å². The highest BCUT2D eigenvalue weighted by molar-refractivity contribution is 5.83. The number of ether oxygens (including phenoxy) is 11. The zero-order valence-corrected chi connectivity index (χ0v) is 44.4. The Morgan fingerprint density at radius 3 is 1.93 bits per heavy atom. The maximum absolute atomic E-state index is 13.6. The molecule has 80 heavy (non-hydrogen) atoms. The normalized spacial score (nSPS) is 45.7. The molecule has 4 aliphatic heterocycles. The quantitative estimate of drug-likeness (QED) is 0.0462. The van der Waals surface area contributed by atoms with Crippen molar-refractivity contribution in [3.63, 3.8) is 0 Å². The van der Waals surface area contributed by atoms with Crippen molar-refractivity contribution in [2.75, 3.05) is 34.0 Å². The van der Waals surface area contributed by atoms with E-state index in [4.69, 9.17) is 52.1 Å². The van der Waals surface area contributed by atoms with Crippen molar-refractivity contribution in [2.45, 2.75) is 218 Å². The second kappa shape index (κ2) is 28.0. The molecule has 14 N–H and O–H groups in total. The van der Waals surface area contributed by atoms with Gasteiger partial charge in [-0.1, -0.05) is 12.2 Å². The molecule has 27 nitrogen and oxygen atoms in total. The average molecular weight is 1150 g/mol. The summed E-state index contributed by atoms with van der Waals surface area (Å²) in [6, 6.07) is 0. The van der Waals surface area contributed by atoms with Crippen LogP contribution < -0.4 is 0 Å². The Kier molecular flexibility index (Phi) is 22.0. The zero-order valence-electron chi connectivity index (χ0n) is 44.4.